The van der Waals surface area contributed by atoms with Crippen LogP contribution in [0.3, 0.4) is 0 Å². The average Bonchev–Trinajstić information content (AvgIpc) is 2.41. The summed E-state index contributed by atoms with van der Waals surface area (Å²) < 4.78 is 0. The monoisotopic (exact) mass is 281 g/mol. The first-order valence-corrected chi connectivity index (χ1v) is 7.33. The summed E-state index contributed by atoms with van der Waals surface area (Å²) >= 11 is 0. The third-order valence-electron chi connectivity index (χ3n) is 4.03. The van der Waals surface area contributed by atoms with Gasteiger partial charge < -0.3 is 10.2 Å². The van der Waals surface area contributed by atoms with Gasteiger partial charge in [-0.2, -0.15) is 0 Å². The zero-order chi connectivity index (χ0) is 14.5. The summed E-state index contributed by atoms with van der Waals surface area (Å²) in [5.74, 6) is 0.387. The van der Waals surface area contributed by atoms with Gasteiger partial charge in [-0.15, -0.1) is 0 Å². The number of ketones is 1. The molecular formula is C14H23N3O3. The van der Waals surface area contributed by atoms with Crippen molar-refractivity contribution in [1.82, 2.24) is 15.1 Å². The van der Waals surface area contributed by atoms with E-state index in [-0.39, 0.29) is 23.6 Å². The summed E-state index contributed by atoms with van der Waals surface area (Å²) in [7, 11) is 0. The summed E-state index contributed by atoms with van der Waals surface area (Å²) in [5, 5.41) is 2.93. The highest BCUT2D eigenvalue weighted by Gasteiger charge is 2.25. The minimum Gasteiger partial charge on any atom is -0.354 e. The summed E-state index contributed by atoms with van der Waals surface area (Å²) in [4.78, 5) is 38.2. The van der Waals surface area contributed by atoms with Crippen LogP contribution in [-0.4, -0.2) is 66.2 Å². The lowest BCUT2D eigenvalue weighted by molar-refractivity contribution is -0.136. The maximum absolute atomic E-state index is 12.1. The lowest BCUT2D eigenvalue weighted by Crippen LogP contribution is -2.49. The lowest BCUT2D eigenvalue weighted by atomic mass is 10.0. The van der Waals surface area contributed by atoms with E-state index in [2.05, 4.69) is 10.2 Å². The molecule has 0 aliphatic carbocycles. The number of hydrogen-bond acceptors (Lipinski definition) is 4. The minimum absolute atomic E-state index is 0.0116. The number of rotatable bonds is 3. The molecule has 0 spiro atoms. The van der Waals surface area contributed by atoms with Gasteiger partial charge in [0.05, 0.1) is 6.54 Å². The van der Waals surface area contributed by atoms with E-state index in [0.29, 0.717) is 32.5 Å². The molecule has 2 amide bonds. The van der Waals surface area contributed by atoms with Crippen molar-refractivity contribution in [3.8, 4) is 0 Å². The van der Waals surface area contributed by atoms with Crippen LogP contribution in [0.4, 0.5) is 0 Å². The van der Waals surface area contributed by atoms with Crippen molar-refractivity contribution in [1.29, 1.82) is 0 Å². The fourth-order valence-electron chi connectivity index (χ4n) is 2.82. The third-order valence-corrected chi connectivity index (χ3v) is 4.03. The van der Waals surface area contributed by atoms with Gasteiger partial charge in [-0.05, 0) is 12.8 Å². The largest absolute Gasteiger partial charge is 0.354 e. The third kappa shape index (κ3) is 4.30. The van der Waals surface area contributed by atoms with E-state index in [1.54, 1.807) is 4.90 Å². The second-order valence-electron chi connectivity index (χ2n) is 5.67. The highest BCUT2D eigenvalue weighted by atomic mass is 16.2. The van der Waals surface area contributed by atoms with Crippen LogP contribution in [0.15, 0.2) is 0 Å². The Hall–Kier alpha value is -1.43. The van der Waals surface area contributed by atoms with Crippen LogP contribution in [0, 0.1) is 0 Å². The van der Waals surface area contributed by atoms with E-state index in [1.807, 2.05) is 0 Å². The van der Waals surface area contributed by atoms with E-state index >= 15 is 0 Å². The standard InChI is InChI=1S/C14H23N3O3/c1-11(18)15-12-2-6-16(7-3-12)10-14(20)17-8-4-13(19)5-9-17/h12H,2-10H2,1H3,(H,15,18). The predicted molar refractivity (Wildman–Crippen MR) is 74.1 cm³/mol. The minimum atomic E-state index is 0.0116. The molecule has 0 atom stereocenters. The number of amides is 2. The Kier molecular flexibility index (Phi) is 5.11. The second-order valence-corrected chi connectivity index (χ2v) is 5.67. The van der Waals surface area contributed by atoms with Gasteiger partial charge in [-0.3, -0.25) is 19.3 Å². The number of carbonyl (C=O) groups excluding carboxylic acids is 3. The Balaban J connectivity index is 1.71. The Morgan fingerprint density at radius 3 is 2.30 bits per heavy atom. The highest BCUT2D eigenvalue weighted by molar-refractivity contribution is 5.84. The van der Waals surface area contributed by atoms with Gasteiger partial charge in [-0.25, -0.2) is 0 Å². The first-order valence-electron chi connectivity index (χ1n) is 7.33. The van der Waals surface area contributed by atoms with E-state index in [0.717, 1.165) is 25.9 Å². The number of Topliss-reactive ketones (excluding diaryl/α,β-unsaturated/α-hetero) is 1. The van der Waals surface area contributed by atoms with Crippen LogP contribution in [-0.2, 0) is 14.4 Å². The van der Waals surface area contributed by atoms with Crippen molar-refractivity contribution < 1.29 is 14.4 Å². The fourth-order valence-corrected chi connectivity index (χ4v) is 2.82. The zero-order valence-electron chi connectivity index (χ0n) is 12.1. The molecule has 0 radical (unpaired) electrons. The molecule has 0 aromatic heterocycles. The molecule has 2 saturated heterocycles. The van der Waals surface area contributed by atoms with Crippen LogP contribution in [0.25, 0.3) is 0 Å². The molecule has 112 valence electrons. The maximum atomic E-state index is 12.1. The van der Waals surface area contributed by atoms with Crippen molar-refractivity contribution in [2.75, 3.05) is 32.7 Å². The summed E-state index contributed by atoms with van der Waals surface area (Å²) in [5.41, 5.74) is 0. The lowest BCUT2D eigenvalue weighted by Gasteiger charge is -2.34. The van der Waals surface area contributed by atoms with Crippen LogP contribution < -0.4 is 5.32 Å². The Bertz CT molecular complexity index is 379. The molecule has 2 aliphatic heterocycles. The van der Waals surface area contributed by atoms with Crippen LogP contribution >= 0.6 is 0 Å². The van der Waals surface area contributed by atoms with E-state index in [9.17, 15) is 14.4 Å². The maximum Gasteiger partial charge on any atom is 0.236 e. The fraction of sp³-hybridized carbons (Fsp3) is 0.786. The first kappa shape index (κ1) is 15.0. The molecule has 0 aromatic rings. The van der Waals surface area contributed by atoms with Gasteiger partial charge in [0.2, 0.25) is 11.8 Å². The molecule has 1 N–H and O–H groups in total. The van der Waals surface area contributed by atoms with E-state index in [1.165, 1.54) is 6.92 Å². The SMILES string of the molecule is CC(=O)NC1CCN(CC(=O)N2CCC(=O)CC2)CC1. The van der Waals surface area contributed by atoms with Crippen molar-refractivity contribution in [2.24, 2.45) is 0 Å². The summed E-state index contributed by atoms with van der Waals surface area (Å²) in [6.07, 6.45) is 2.78. The van der Waals surface area contributed by atoms with Crippen molar-refractivity contribution in [3.05, 3.63) is 0 Å². The van der Waals surface area contributed by atoms with E-state index in [4.69, 9.17) is 0 Å². The molecule has 20 heavy (non-hydrogen) atoms. The topological polar surface area (TPSA) is 69.7 Å². The van der Waals surface area contributed by atoms with Crippen LogP contribution in [0.2, 0.25) is 0 Å². The highest BCUT2D eigenvalue weighted by Crippen LogP contribution is 2.12. The van der Waals surface area contributed by atoms with Crippen LogP contribution in [0.1, 0.15) is 32.6 Å². The smallest absolute Gasteiger partial charge is 0.236 e. The number of likely N-dealkylation sites (tertiary alicyclic amines) is 2. The Morgan fingerprint density at radius 2 is 1.75 bits per heavy atom. The molecule has 6 heteroatoms. The van der Waals surface area contributed by atoms with Gasteiger partial charge in [0.1, 0.15) is 5.78 Å². The zero-order valence-corrected chi connectivity index (χ0v) is 12.1. The van der Waals surface area contributed by atoms with Gasteiger partial charge in [0, 0.05) is 52.0 Å². The van der Waals surface area contributed by atoms with Crippen LogP contribution in [0.5, 0.6) is 0 Å². The number of hydrogen-bond donors (Lipinski definition) is 1. The molecule has 2 aliphatic rings. The number of nitrogens with one attached hydrogen (secondary N) is 1. The molecule has 6 nitrogen and oxygen atoms in total. The molecule has 0 saturated carbocycles. The average molecular weight is 281 g/mol. The number of piperidine rings is 2. The predicted octanol–water partition coefficient (Wildman–Crippen LogP) is -0.222. The van der Waals surface area contributed by atoms with Gasteiger partial charge >= 0.3 is 0 Å². The quantitative estimate of drug-likeness (QED) is 0.776. The van der Waals surface area contributed by atoms with Crippen molar-refractivity contribution in [2.45, 2.75) is 38.6 Å². The summed E-state index contributed by atoms with van der Waals surface area (Å²) in [6, 6.07) is 0.242. The van der Waals surface area contributed by atoms with Crippen molar-refractivity contribution in [3.63, 3.8) is 0 Å². The molecule has 2 rings (SSSR count). The Morgan fingerprint density at radius 1 is 1.15 bits per heavy atom. The number of carbonyl (C=O) groups is 3. The first-order chi connectivity index (χ1) is 9.54. The molecule has 0 bridgehead atoms. The molecule has 2 fully saturated rings. The summed E-state index contributed by atoms with van der Waals surface area (Å²) in [6.45, 7) is 4.78. The van der Waals surface area contributed by atoms with Gasteiger partial charge in [0.15, 0.2) is 0 Å². The normalized spacial score (nSPS) is 21.9. The molecule has 0 unspecified atom stereocenters. The second kappa shape index (κ2) is 6.83. The molecule has 2 heterocycles. The van der Waals surface area contributed by atoms with E-state index < -0.39 is 0 Å². The van der Waals surface area contributed by atoms with Gasteiger partial charge in [-0.1, -0.05) is 0 Å². The molecular weight excluding hydrogens is 258 g/mol. The molecule has 0 aromatic carbocycles. The Labute approximate surface area is 119 Å². The van der Waals surface area contributed by atoms with Gasteiger partial charge in [0.25, 0.3) is 0 Å². The number of nitrogens with zero attached hydrogens (tertiary/aromatic N) is 2. The van der Waals surface area contributed by atoms with Crippen molar-refractivity contribution >= 4 is 17.6 Å².